The zero-order chi connectivity index (χ0) is 21.2. The highest BCUT2D eigenvalue weighted by Gasteiger charge is 2.30. The first-order valence-electron chi connectivity index (χ1n) is 8.89. The maximum atomic E-state index is 11.7. The van der Waals surface area contributed by atoms with Gasteiger partial charge in [-0.2, -0.15) is 0 Å². The summed E-state index contributed by atoms with van der Waals surface area (Å²) in [6, 6.07) is 7.61. The third-order valence-corrected chi connectivity index (χ3v) is 4.69. The van der Waals surface area contributed by atoms with E-state index >= 15 is 0 Å². The lowest BCUT2D eigenvalue weighted by atomic mass is 9.97. The Morgan fingerprint density at radius 1 is 0.643 bits per heavy atom. The Bertz CT molecular complexity index is 903. The summed E-state index contributed by atoms with van der Waals surface area (Å²) in [5.41, 5.74) is 5.61. The molecule has 0 bridgehead atoms. The first-order chi connectivity index (χ1) is 13.0. The molecule has 0 saturated heterocycles. The molecule has 0 aliphatic rings. The molecule has 0 amide bonds. The van der Waals surface area contributed by atoms with Crippen molar-refractivity contribution in [3.8, 4) is 0 Å². The summed E-state index contributed by atoms with van der Waals surface area (Å²) >= 11 is 0. The van der Waals surface area contributed by atoms with Gasteiger partial charge < -0.3 is 0 Å². The van der Waals surface area contributed by atoms with E-state index in [2.05, 4.69) is 0 Å². The molecule has 2 rings (SSSR count). The van der Waals surface area contributed by atoms with Gasteiger partial charge in [-0.3, -0.25) is 20.2 Å². The van der Waals surface area contributed by atoms with Crippen molar-refractivity contribution < 1.29 is 9.85 Å². The van der Waals surface area contributed by atoms with Crippen molar-refractivity contribution >= 4 is 12.2 Å². The lowest BCUT2D eigenvalue weighted by Gasteiger charge is -2.09. The van der Waals surface area contributed by atoms with E-state index in [1.54, 1.807) is 0 Å². The SMILES string of the molecule is Cc1cc(C)c(/C=C(/C(=C/c2c(C)cc(C)cc2C)[N+](=O)[O-])[N+](=O)[O-])c(C)c1. The lowest BCUT2D eigenvalue weighted by Crippen LogP contribution is -2.10. The highest BCUT2D eigenvalue weighted by Crippen LogP contribution is 2.26. The number of hydrogen-bond donors (Lipinski definition) is 0. The van der Waals surface area contributed by atoms with Gasteiger partial charge in [0.05, 0.1) is 9.85 Å². The molecule has 2 aromatic rings. The van der Waals surface area contributed by atoms with Crippen LogP contribution in [0.2, 0.25) is 0 Å². The van der Waals surface area contributed by atoms with E-state index in [1.807, 2.05) is 65.8 Å². The molecule has 0 spiro atoms. The predicted octanol–water partition coefficient (Wildman–Crippen LogP) is 5.47. The molecule has 0 radical (unpaired) electrons. The van der Waals surface area contributed by atoms with Crippen molar-refractivity contribution in [1.82, 2.24) is 0 Å². The van der Waals surface area contributed by atoms with E-state index in [1.165, 1.54) is 12.2 Å². The first-order valence-corrected chi connectivity index (χ1v) is 8.89. The summed E-state index contributed by atoms with van der Waals surface area (Å²) in [7, 11) is 0. The molecule has 2 aromatic carbocycles. The molecule has 28 heavy (non-hydrogen) atoms. The van der Waals surface area contributed by atoms with E-state index in [0.29, 0.717) is 11.1 Å². The topological polar surface area (TPSA) is 86.3 Å². The second kappa shape index (κ2) is 8.17. The van der Waals surface area contributed by atoms with Gasteiger partial charge in [0.2, 0.25) is 0 Å². The average Bonchev–Trinajstić information content (AvgIpc) is 2.53. The number of aryl methyl sites for hydroxylation is 6. The maximum Gasteiger partial charge on any atom is 0.346 e. The Kier molecular flexibility index (Phi) is 6.13. The number of nitro groups is 2. The van der Waals surface area contributed by atoms with E-state index in [0.717, 1.165) is 33.4 Å². The minimum Gasteiger partial charge on any atom is -0.258 e. The minimum atomic E-state index is -0.688. The Morgan fingerprint density at radius 3 is 1.11 bits per heavy atom. The summed E-state index contributed by atoms with van der Waals surface area (Å²) < 4.78 is 0. The smallest absolute Gasteiger partial charge is 0.258 e. The molecule has 6 heteroatoms. The highest BCUT2D eigenvalue weighted by molar-refractivity contribution is 5.67. The summed E-state index contributed by atoms with van der Waals surface area (Å²) in [6.45, 7) is 11.2. The molecule has 0 aliphatic carbocycles. The fourth-order valence-corrected chi connectivity index (χ4v) is 3.55. The van der Waals surface area contributed by atoms with Crippen LogP contribution in [0.25, 0.3) is 12.2 Å². The zero-order valence-electron chi connectivity index (χ0n) is 17.0. The quantitative estimate of drug-likeness (QED) is 0.391. The van der Waals surface area contributed by atoms with Crippen LogP contribution < -0.4 is 0 Å². The zero-order valence-corrected chi connectivity index (χ0v) is 17.0. The second-order valence-corrected chi connectivity index (χ2v) is 7.20. The van der Waals surface area contributed by atoms with Gasteiger partial charge in [-0.1, -0.05) is 35.4 Å². The van der Waals surface area contributed by atoms with Crippen LogP contribution in [0.4, 0.5) is 0 Å². The van der Waals surface area contributed by atoms with Crippen LogP contribution in [0.3, 0.4) is 0 Å². The molecular weight excluding hydrogens is 356 g/mol. The molecule has 6 nitrogen and oxygen atoms in total. The molecule has 0 saturated carbocycles. The highest BCUT2D eigenvalue weighted by atomic mass is 16.6. The van der Waals surface area contributed by atoms with Crippen molar-refractivity contribution in [1.29, 1.82) is 0 Å². The lowest BCUT2D eigenvalue weighted by molar-refractivity contribution is -0.477. The molecule has 0 aromatic heterocycles. The van der Waals surface area contributed by atoms with Gasteiger partial charge in [-0.05, 0) is 74.9 Å². The van der Waals surface area contributed by atoms with E-state index < -0.39 is 21.2 Å². The number of rotatable bonds is 5. The van der Waals surface area contributed by atoms with Crippen molar-refractivity contribution in [3.05, 3.63) is 100 Å². The van der Waals surface area contributed by atoms with Crippen LogP contribution in [-0.2, 0) is 0 Å². The van der Waals surface area contributed by atoms with E-state index in [4.69, 9.17) is 0 Å². The van der Waals surface area contributed by atoms with Gasteiger partial charge in [0.15, 0.2) is 0 Å². The Hall–Kier alpha value is -3.28. The summed E-state index contributed by atoms with van der Waals surface area (Å²) in [5, 5.41) is 23.5. The van der Waals surface area contributed by atoms with Crippen molar-refractivity contribution in [2.45, 2.75) is 41.5 Å². The Balaban J connectivity index is 2.75. The summed E-state index contributed by atoms with van der Waals surface area (Å²) in [5.74, 6) is 0. The van der Waals surface area contributed by atoms with Gasteiger partial charge in [-0.15, -0.1) is 0 Å². The molecule has 0 aliphatic heterocycles. The predicted molar refractivity (Wildman–Crippen MR) is 111 cm³/mol. The van der Waals surface area contributed by atoms with Crippen molar-refractivity contribution in [2.24, 2.45) is 0 Å². The Morgan fingerprint density at radius 2 is 0.893 bits per heavy atom. The standard InChI is InChI=1S/C22H24N2O4/c1-13-7-15(3)19(16(4)8-13)11-21(23(25)26)22(24(27)28)12-20-17(5)9-14(2)10-18(20)6/h7-12H,1-6H3/b21-11-,22-12-. The molecule has 0 N–H and O–H groups in total. The summed E-state index contributed by atoms with van der Waals surface area (Å²) in [6.07, 6.45) is 2.61. The maximum absolute atomic E-state index is 11.7. The molecule has 0 unspecified atom stereocenters. The fourth-order valence-electron chi connectivity index (χ4n) is 3.55. The molecule has 0 heterocycles. The van der Waals surface area contributed by atoms with Crippen LogP contribution in [0, 0.1) is 61.8 Å². The average molecular weight is 380 g/mol. The van der Waals surface area contributed by atoms with Crippen molar-refractivity contribution in [2.75, 3.05) is 0 Å². The third kappa shape index (κ3) is 4.52. The molecule has 0 atom stereocenters. The van der Waals surface area contributed by atoms with Gasteiger partial charge in [-0.25, -0.2) is 0 Å². The first kappa shape index (κ1) is 21.0. The third-order valence-electron chi connectivity index (χ3n) is 4.69. The van der Waals surface area contributed by atoms with Gasteiger partial charge in [0, 0.05) is 12.2 Å². The molecular formula is C22H24N2O4. The number of nitrogens with zero attached hydrogens (tertiary/aromatic N) is 2. The van der Waals surface area contributed by atoms with Gasteiger partial charge in [0.25, 0.3) is 0 Å². The fraction of sp³-hybridized carbons (Fsp3) is 0.273. The minimum absolute atomic E-state index is 0.528. The van der Waals surface area contributed by atoms with Crippen LogP contribution >= 0.6 is 0 Å². The monoisotopic (exact) mass is 380 g/mol. The van der Waals surface area contributed by atoms with Crippen LogP contribution in [0.1, 0.15) is 44.5 Å². The van der Waals surface area contributed by atoms with E-state index in [9.17, 15) is 20.2 Å². The van der Waals surface area contributed by atoms with Crippen LogP contribution in [0.15, 0.2) is 35.7 Å². The number of benzene rings is 2. The van der Waals surface area contributed by atoms with Crippen LogP contribution in [0.5, 0.6) is 0 Å². The van der Waals surface area contributed by atoms with Crippen molar-refractivity contribution in [3.63, 3.8) is 0 Å². The Labute approximate surface area is 164 Å². The van der Waals surface area contributed by atoms with Gasteiger partial charge in [0.1, 0.15) is 0 Å². The second-order valence-electron chi connectivity index (χ2n) is 7.20. The largest absolute Gasteiger partial charge is 0.346 e. The molecule has 146 valence electrons. The number of hydrogen-bond acceptors (Lipinski definition) is 4. The normalized spacial score (nSPS) is 12.2. The summed E-state index contributed by atoms with van der Waals surface area (Å²) in [4.78, 5) is 22.1. The van der Waals surface area contributed by atoms with Crippen LogP contribution in [-0.4, -0.2) is 9.85 Å². The van der Waals surface area contributed by atoms with E-state index in [-0.39, 0.29) is 0 Å². The van der Waals surface area contributed by atoms with Gasteiger partial charge >= 0.3 is 11.4 Å². The molecule has 0 fully saturated rings.